The van der Waals surface area contributed by atoms with Crippen molar-refractivity contribution in [3.05, 3.63) is 36.5 Å². The Morgan fingerprint density at radius 1 is 0.438 bits per heavy atom. The van der Waals surface area contributed by atoms with Crippen molar-refractivity contribution in [3.8, 4) is 0 Å². The number of carbonyl (C=O) groups excluding carboxylic acids is 2. The van der Waals surface area contributed by atoms with Crippen molar-refractivity contribution >= 4 is 11.9 Å². The number of aliphatic hydroxyl groups is 2. The van der Waals surface area contributed by atoms with Gasteiger partial charge in [0, 0.05) is 12.8 Å². The topological polar surface area (TPSA) is 95.9 Å². The van der Waals surface area contributed by atoms with E-state index in [9.17, 15) is 19.8 Å². The summed E-state index contributed by atoms with van der Waals surface area (Å²) in [6.45, 7) is 4.89. The summed E-state index contributed by atoms with van der Waals surface area (Å²) in [4.78, 5) is 24.5. The van der Waals surface area contributed by atoms with Gasteiger partial charge in [0.2, 0.25) is 5.91 Å². The largest absolute Gasteiger partial charge is 0.466 e. The number of nitrogens with one attached hydrogen (secondary N) is 1. The van der Waals surface area contributed by atoms with Gasteiger partial charge in [-0.1, -0.05) is 243 Å². The number of hydrogen-bond donors (Lipinski definition) is 3. The molecule has 0 aromatic heterocycles. The molecular formula is C58H109NO5. The maximum Gasteiger partial charge on any atom is 0.305 e. The lowest BCUT2D eigenvalue weighted by Crippen LogP contribution is -2.45. The fourth-order valence-electron chi connectivity index (χ4n) is 8.53. The van der Waals surface area contributed by atoms with Gasteiger partial charge >= 0.3 is 5.97 Å². The predicted molar refractivity (Wildman–Crippen MR) is 278 cm³/mol. The molecule has 1 amide bonds. The van der Waals surface area contributed by atoms with Crippen molar-refractivity contribution < 1.29 is 24.5 Å². The van der Waals surface area contributed by atoms with Gasteiger partial charge in [0.1, 0.15) is 0 Å². The molecule has 0 spiro atoms. The second-order valence-corrected chi connectivity index (χ2v) is 19.3. The molecule has 2 unspecified atom stereocenters. The van der Waals surface area contributed by atoms with Crippen LogP contribution >= 0.6 is 0 Å². The third-order valence-corrected chi connectivity index (χ3v) is 12.9. The lowest BCUT2D eigenvalue weighted by Gasteiger charge is -2.22. The van der Waals surface area contributed by atoms with E-state index in [1.165, 1.54) is 205 Å². The molecule has 6 heteroatoms. The Morgan fingerprint density at radius 2 is 0.797 bits per heavy atom. The molecule has 3 N–H and O–H groups in total. The van der Waals surface area contributed by atoms with Crippen LogP contribution in [0.15, 0.2) is 36.5 Å². The van der Waals surface area contributed by atoms with Gasteiger partial charge in [-0.25, -0.2) is 0 Å². The van der Waals surface area contributed by atoms with E-state index in [1.54, 1.807) is 0 Å². The van der Waals surface area contributed by atoms with Gasteiger partial charge in [0.05, 0.1) is 25.4 Å². The summed E-state index contributed by atoms with van der Waals surface area (Å²) < 4.78 is 5.46. The fourth-order valence-corrected chi connectivity index (χ4v) is 8.53. The van der Waals surface area contributed by atoms with E-state index >= 15 is 0 Å². The smallest absolute Gasteiger partial charge is 0.305 e. The van der Waals surface area contributed by atoms with E-state index in [-0.39, 0.29) is 18.5 Å². The minimum Gasteiger partial charge on any atom is -0.466 e. The van der Waals surface area contributed by atoms with Crippen LogP contribution in [-0.4, -0.2) is 47.4 Å². The maximum atomic E-state index is 12.5. The first-order valence-corrected chi connectivity index (χ1v) is 28.2. The molecule has 6 nitrogen and oxygen atoms in total. The zero-order chi connectivity index (χ0) is 46.5. The molecule has 0 fully saturated rings. The zero-order valence-electron chi connectivity index (χ0n) is 42.8. The quantitative estimate of drug-likeness (QED) is 0.0321. The van der Waals surface area contributed by atoms with Crippen LogP contribution < -0.4 is 5.32 Å². The van der Waals surface area contributed by atoms with Crippen molar-refractivity contribution in [2.45, 2.75) is 309 Å². The molecule has 64 heavy (non-hydrogen) atoms. The zero-order valence-corrected chi connectivity index (χ0v) is 42.8. The first-order chi connectivity index (χ1) is 31.5. The predicted octanol–water partition coefficient (Wildman–Crippen LogP) is 17.2. The Hall–Kier alpha value is -1.92. The Balaban J connectivity index is 3.45. The highest BCUT2D eigenvalue weighted by Gasteiger charge is 2.20. The second-order valence-electron chi connectivity index (χ2n) is 19.3. The summed E-state index contributed by atoms with van der Waals surface area (Å²) in [5.74, 6) is -0.0557. The van der Waals surface area contributed by atoms with Gasteiger partial charge in [-0.05, 0) is 77.0 Å². The summed E-state index contributed by atoms with van der Waals surface area (Å²) in [5, 5.41) is 23.2. The van der Waals surface area contributed by atoms with Gasteiger partial charge < -0.3 is 20.3 Å². The second kappa shape index (κ2) is 53.7. The summed E-state index contributed by atoms with van der Waals surface area (Å²) in [6.07, 6.45) is 65.5. The number of aliphatic hydroxyl groups excluding tert-OH is 2. The number of amides is 1. The van der Waals surface area contributed by atoms with E-state index in [4.69, 9.17) is 4.74 Å². The van der Waals surface area contributed by atoms with Crippen LogP contribution in [0.2, 0.25) is 0 Å². The van der Waals surface area contributed by atoms with Crippen LogP contribution in [0, 0.1) is 0 Å². The number of hydrogen-bond acceptors (Lipinski definition) is 5. The Bertz CT molecular complexity index is 1040. The molecule has 0 saturated heterocycles. The fraction of sp³-hybridized carbons (Fsp3) is 0.862. The standard InChI is InChI=1S/C58H109NO5/c1-3-5-7-9-11-13-15-17-26-30-34-38-42-46-50-56(61)55(54-60)59-57(62)51-47-43-39-35-31-27-24-22-20-19-21-23-25-29-33-37-41-45-49-53-64-58(63)52-48-44-40-36-32-28-18-16-14-12-10-8-6-4-2/h10,12,16,18-20,55-56,60-61H,3-9,11,13-15,17,21-54H2,1-2H3,(H,59,62)/b12-10-,18-16-,20-19-. The number of ether oxygens (including phenoxy) is 1. The molecule has 376 valence electrons. The highest BCUT2D eigenvalue weighted by atomic mass is 16.5. The van der Waals surface area contributed by atoms with Crippen LogP contribution in [0.4, 0.5) is 0 Å². The summed E-state index contributed by atoms with van der Waals surface area (Å²) in [7, 11) is 0. The molecular weight excluding hydrogens is 791 g/mol. The molecule has 2 atom stereocenters. The first-order valence-electron chi connectivity index (χ1n) is 28.2. The molecule has 0 aliphatic rings. The minimum atomic E-state index is -0.670. The molecule has 0 saturated carbocycles. The van der Waals surface area contributed by atoms with Crippen molar-refractivity contribution in [3.63, 3.8) is 0 Å². The van der Waals surface area contributed by atoms with Gasteiger partial charge in [0.15, 0.2) is 0 Å². The van der Waals surface area contributed by atoms with E-state index in [2.05, 4.69) is 55.6 Å². The monoisotopic (exact) mass is 900 g/mol. The molecule has 0 radical (unpaired) electrons. The maximum absolute atomic E-state index is 12.5. The van der Waals surface area contributed by atoms with Crippen LogP contribution in [0.3, 0.4) is 0 Å². The minimum absolute atomic E-state index is 0.0109. The van der Waals surface area contributed by atoms with Crippen LogP contribution in [0.1, 0.15) is 296 Å². The molecule has 0 heterocycles. The number of carbonyl (C=O) groups is 2. The van der Waals surface area contributed by atoms with E-state index < -0.39 is 12.1 Å². The Morgan fingerprint density at radius 3 is 1.25 bits per heavy atom. The molecule has 0 aromatic rings. The molecule has 0 rings (SSSR count). The normalized spacial score (nSPS) is 12.9. The average molecular weight is 901 g/mol. The summed E-state index contributed by atoms with van der Waals surface area (Å²) in [5.41, 5.74) is 0. The van der Waals surface area contributed by atoms with Crippen LogP contribution in [0.25, 0.3) is 0 Å². The van der Waals surface area contributed by atoms with Crippen LogP contribution in [-0.2, 0) is 14.3 Å². The van der Waals surface area contributed by atoms with E-state index in [1.807, 2.05) is 0 Å². The average Bonchev–Trinajstić information content (AvgIpc) is 3.29. The number of esters is 1. The van der Waals surface area contributed by atoms with Crippen molar-refractivity contribution in [2.24, 2.45) is 0 Å². The lowest BCUT2D eigenvalue weighted by molar-refractivity contribution is -0.143. The van der Waals surface area contributed by atoms with Gasteiger partial charge in [-0.15, -0.1) is 0 Å². The highest BCUT2D eigenvalue weighted by Crippen LogP contribution is 2.16. The highest BCUT2D eigenvalue weighted by molar-refractivity contribution is 5.76. The molecule has 0 aromatic carbocycles. The number of unbranched alkanes of at least 4 members (excludes halogenated alkanes) is 35. The molecule has 0 aliphatic heterocycles. The Labute approximate surface area is 398 Å². The van der Waals surface area contributed by atoms with Crippen molar-refractivity contribution in [1.29, 1.82) is 0 Å². The van der Waals surface area contributed by atoms with E-state index in [0.717, 1.165) is 57.8 Å². The summed E-state index contributed by atoms with van der Waals surface area (Å²) >= 11 is 0. The third-order valence-electron chi connectivity index (χ3n) is 12.9. The summed E-state index contributed by atoms with van der Waals surface area (Å²) in [6, 6.07) is -0.549. The van der Waals surface area contributed by atoms with Gasteiger partial charge in [0.25, 0.3) is 0 Å². The van der Waals surface area contributed by atoms with Crippen molar-refractivity contribution in [1.82, 2.24) is 5.32 Å². The Kier molecular flexibility index (Phi) is 52.1. The number of allylic oxidation sites excluding steroid dienone is 6. The van der Waals surface area contributed by atoms with Gasteiger partial charge in [-0.2, -0.15) is 0 Å². The van der Waals surface area contributed by atoms with Crippen molar-refractivity contribution in [2.75, 3.05) is 13.2 Å². The molecule has 0 bridgehead atoms. The van der Waals surface area contributed by atoms with Crippen LogP contribution in [0.5, 0.6) is 0 Å². The SMILES string of the molecule is CCCC/C=C\C/C=C\CCCCCCCC(=O)OCCCCCCCCCC/C=C\CCCCCCCCCC(=O)NC(CO)C(O)CCCCCCCCCCCCCCCC. The lowest BCUT2D eigenvalue weighted by atomic mass is 10.0. The third kappa shape index (κ3) is 49.5. The molecule has 0 aliphatic carbocycles. The van der Waals surface area contributed by atoms with Gasteiger partial charge in [-0.3, -0.25) is 9.59 Å². The first kappa shape index (κ1) is 62.1. The van der Waals surface area contributed by atoms with E-state index in [0.29, 0.717) is 25.9 Å². The number of rotatable bonds is 52.